The molecule has 2 aromatic rings. The molecule has 1 amide bonds. The average molecular weight is 403 g/mol. The van der Waals surface area contributed by atoms with Gasteiger partial charge in [-0.15, -0.1) is 0 Å². The van der Waals surface area contributed by atoms with Crippen molar-refractivity contribution in [2.75, 3.05) is 32.0 Å². The van der Waals surface area contributed by atoms with Crippen molar-refractivity contribution in [3.63, 3.8) is 0 Å². The molecular weight excluding hydrogens is 382 g/mol. The third kappa shape index (κ3) is 3.96. The van der Waals surface area contributed by atoms with Crippen molar-refractivity contribution in [3.8, 4) is 17.2 Å². The normalized spacial score (nSPS) is 17.2. The van der Waals surface area contributed by atoms with Gasteiger partial charge in [0.05, 0.1) is 38.8 Å². The molecule has 148 valence electrons. The average Bonchev–Trinajstić information content (AvgIpc) is 3.07. The van der Waals surface area contributed by atoms with E-state index in [1.54, 1.807) is 42.5 Å². The van der Waals surface area contributed by atoms with Gasteiger partial charge in [-0.2, -0.15) is 0 Å². The maximum absolute atomic E-state index is 13.4. The van der Waals surface area contributed by atoms with Crippen molar-refractivity contribution in [1.29, 1.82) is 0 Å². The van der Waals surface area contributed by atoms with Crippen LogP contribution in [0.15, 0.2) is 53.9 Å². The number of anilines is 1. The Morgan fingerprint density at radius 1 is 1.00 bits per heavy atom. The highest BCUT2D eigenvalue weighted by Crippen LogP contribution is 2.36. The summed E-state index contributed by atoms with van der Waals surface area (Å²) in [6.07, 6.45) is 1.51. The van der Waals surface area contributed by atoms with Crippen LogP contribution in [-0.4, -0.2) is 47.4 Å². The van der Waals surface area contributed by atoms with Crippen LogP contribution in [-0.2, 0) is 9.84 Å². The largest absolute Gasteiger partial charge is 0.497 e. The molecule has 0 saturated carbocycles. The molecule has 3 rings (SSSR count). The Bertz CT molecular complexity index is 1020. The molecule has 0 N–H and O–H groups in total. The highest BCUT2D eigenvalue weighted by Gasteiger charge is 2.33. The molecule has 0 radical (unpaired) electrons. The van der Waals surface area contributed by atoms with Gasteiger partial charge in [-0.25, -0.2) is 8.42 Å². The van der Waals surface area contributed by atoms with E-state index in [0.29, 0.717) is 28.5 Å². The molecular formula is C20H21NO6S. The minimum atomic E-state index is -3.37. The summed E-state index contributed by atoms with van der Waals surface area (Å²) >= 11 is 0. The SMILES string of the molecule is COc1cccc(C(=O)N(c2ccc(OC)cc2OC)[C@@H]2C=CS(=O)(=O)C2)c1. The first kappa shape index (κ1) is 19.8. The summed E-state index contributed by atoms with van der Waals surface area (Å²) in [7, 11) is 1.15. The lowest BCUT2D eigenvalue weighted by atomic mass is 10.1. The molecule has 0 bridgehead atoms. The van der Waals surface area contributed by atoms with Crippen LogP contribution < -0.4 is 19.1 Å². The maximum Gasteiger partial charge on any atom is 0.259 e. The second-order valence-corrected chi connectivity index (χ2v) is 8.10. The van der Waals surface area contributed by atoms with Crippen molar-refractivity contribution in [1.82, 2.24) is 0 Å². The first-order valence-electron chi connectivity index (χ1n) is 8.49. The third-order valence-electron chi connectivity index (χ3n) is 4.42. The van der Waals surface area contributed by atoms with E-state index in [1.807, 2.05) is 0 Å². The zero-order chi connectivity index (χ0) is 20.3. The summed E-state index contributed by atoms with van der Waals surface area (Å²) in [5.41, 5.74) is 0.817. The van der Waals surface area contributed by atoms with Gasteiger partial charge in [-0.1, -0.05) is 6.07 Å². The summed E-state index contributed by atoms with van der Waals surface area (Å²) in [6.45, 7) is 0. The summed E-state index contributed by atoms with van der Waals surface area (Å²) in [6, 6.07) is 11.1. The van der Waals surface area contributed by atoms with E-state index < -0.39 is 15.9 Å². The smallest absolute Gasteiger partial charge is 0.259 e. The van der Waals surface area contributed by atoms with Crippen LogP contribution >= 0.6 is 0 Å². The van der Waals surface area contributed by atoms with E-state index in [4.69, 9.17) is 14.2 Å². The standard InChI is InChI=1S/C20H21NO6S/c1-25-16-6-4-5-14(11-16)20(22)21(15-9-10-28(23,24)13-15)18-8-7-17(26-2)12-19(18)27-3/h4-12,15H,13H2,1-3H3/t15-/m1/s1. The minimum absolute atomic E-state index is 0.197. The molecule has 0 unspecified atom stereocenters. The second-order valence-electron chi connectivity index (χ2n) is 6.17. The van der Waals surface area contributed by atoms with Crippen LogP contribution in [0.25, 0.3) is 0 Å². The van der Waals surface area contributed by atoms with Crippen molar-refractivity contribution in [3.05, 3.63) is 59.5 Å². The summed E-state index contributed by atoms with van der Waals surface area (Å²) in [5.74, 6) is 0.922. The second kappa shape index (κ2) is 7.93. The number of methoxy groups -OCH3 is 3. The van der Waals surface area contributed by atoms with Gasteiger partial charge < -0.3 is 14.2 Å². The van der Waals surface area contributed by atoms with E-state index in [-0.39, 0.29) is 11.7 Å². The predicted octanol–water partition coefficient (Wildman–Crippen LogP) is 2.67. The topological polar surface area (TPSA) is 82.1 Å². The van der Waals surface area contributed by atoms with Crippen LogP contribution in [0, 0.1) is 0 Å². The first-order valence-corrected chi connectivity index (χ1v) is 10.2. The number of ether oxygens (including phenoxy) is 3. The molecule has 0 saturated heterocycles. The molecule has 2 aromatic carbocycles. The van der Waals surface area contributed by atoms with Crippen LogP contribution in [0.1, 0.15) is 10.4 Å². The van der Waals surface area contributed by atoms with Gasteiger partial charge in [0, 0.05) is 17.0 Å². The van der Waals surface area contributed by atoms with Crippen LogP contribution in [0.3, 0.4) is 0 Å². The molecule has 8 heteroatoms. The maximum atomic E-state index is 13.4. The van der Waals surface area contributed by atoms with E-state index in [2.05, 4.69) is 0 Å². The fourth-order valence-corrected chi connectivity index (χ4v) is 4.31. The zero-order valence-electron chi connectivity index (χ0n) is 15.8. The molecule has 1 heterocycles. The van der Waals surface area contributed by atoms with Crippen molar-refractivity contribution >= 4 is 21.4 Å². The fraction of sp³-hybridized carbons (Fsp3) is 0.250. The lowest BCUT2D eigenvalue weighted by molar-refractivity contribution is 0.0982. The minimum Gasteiger partial charge on any atom is -0.497 e. The Kier molecular flexibility index (Phi) is 5.60. The van der Waals surface area contributed by atoms with Gasteiger partial charge in [0.2, 0.25) is 0 Å². The van der Waals surface area contributed by atoms with E-state index >= 15 is 0 Å². The molecule has 0 spiro atoms. The lowest BCUT2D eigenvalue weighted by Gasteiger charge is -2.29. The van der Waals surface area contributed by atoms with Gasteiger partial charge >= 0.3 is 0 Å². The number of benzene rings is 2. The number of sulfone groups is 1. The third-order valence-corrected chi connectivity index (χ3v) is 5.80. The number of carbonyl (C=O) groups excluding carboxylic acids is 1. The number of carbonyl (C=O) groups is 1. The van der Waals surface area contributed by atoms with Gasteiger partial charge in [-0.05, 0) is 36.4 Å². The van der Waals surface area contributed by atoms with Gasteiger partial charge in [0.1, 0.15) is 17.2 Å². The molecule has 1 atom stereocenters. The molecule has 1 aliphatic heterocycles. The number of hydrogen-bond donors (Lipinski definition) is 0. The Hall–Kier alpha value is -3.00. The van der Waals surface area contributed by atoms with Crippen molar-refractivity contribution in [2.24, 2.45) is 0 Å². The number of rotatable bonds is 6. The first-order chi connectivity index (χ1) is 13.4. The van der Waals surface area contributed by atoms with Gasteiger partial charge in [-0.3, -0.25) is 9.69 Å². The number of nitrogens with zero attached hydrogens (tertiary/aromatic N) is 1. The van der Waals surface area contributed by atoms with Crippen LogP contribution in [0.4, 0.5) is 5.69 Å². The zero-order valence-corrected chi connectivity index (χ0v) is 16.6. The molecule has 0 fully saturated rings. The molecule has 1 aliphatic rings. The quantitative estimate of drug-likeness (QED) is 0.738. The summed E-state index contributed by atoms with van der Waals surface area (Å²) < 4.78 is 39.8. The summed E-state index contributed by atoms with van der Waals surface area (Å²) in [4.78, 5) is 14.8. The monoisotopic (exact) mass is 403 g/mol. The molecule has 0 aliphatic carbocycles. The highest BCUT2D eigenvalue weighted by atomic mass is 32.2. The Morgan fingerprint density at radius 2 is 1.71 bits per heavy atom. The highest BCUT2D eigenvalue weighted by molar-refractivity contribution is 7.94. The molecule has 0 aromatic heterocycles. The van der Waals surface area contributed by atoms with E-state index in [9.17, 15) is 13.2 Å². The Labute approximate surface area is 164 Å². The van der Waals surface area contributed by atoms with E-state index in [1.165, 1.54) is 32.3 Å². The van der Waals surface area contributed by atoms with E-state index in [0.717, 1.165) is 5.41 Å². The van der Waals surface area contributed by atoms with Crippen LogP contribution in [0.2, 0.25) is 0 Å². The van der Waals surface area contributed by atoms with Gasteiger partial charge in [0.15, 0.2) is 9.84 Å². The molecule has 28 heavy (non-hydrogen) atoms. The summed E-state index contributed by atoms with van der Waals surface area (Å²) in [5, 5.41) is 1.14. The van der Waals surface area contributed by atoms with Gasteiger partial charge in [0.25, 0.3) is 5.91 Å². The predicted molar refractivity (Wildman–Crippen MR) is 106 cm³/mol. The molecule has 7 nitrogen and oxygen atoms in total. The Balaban J connectivity index is 2.10. The Morgan fingerprint density at radius 3 is 2.32 bits per heavy atom. The number of amides is 1. The number of hydrogen-bond acceptors (Lipinski definition) is 6. The fourth-order valence-electron chi connectivity index (χ4n) is 3.04. The van der Waals surface area contributed by atoms with Crippen molar-refractivity contribution < 1.29 is 27.4 Å². The van der Waals surface area contributed by atoms with Crippen LogP contribution in [0.5, 0.6) is 17.2 Å². The van der Waals surface area contributed by atoms with Crippen molar-refractivity contribution in [2.45, 2.75) is 6.04 Å². The lowest BCUT2D eigenvalue weighted by Crippen LogP contribution is -2.41.